The number of aromatic amines is 1. The summed E-state index contributed by atoms with van der Waals surface area (Å²) in [6.45, 7) is 6.19. The van der Waals surface area contributed by atoms with E-state index in [4.69, 9.17) is 0 Å². The minimum atomic E-state index is 0.0949. The maximum absolute atomic E-state index is 4.21. The Morgan fingerprint density at radius 3 is 2.94 bits per heavy atom. The molecule has 0 fully saturated rings. The summed E-state index contributed by atoms with van der Waals surface area (Å²) in [5, 5.41) is 6.73. The van der Waals surface area contributed by atoms with Crippen molar-refractivity contribution < 1.29 is 0 Å². The number of aromatic nitrogens is 2. The number of nitrogens with zero attached hydrogens (tertiary/aromatic N) is 1. The van der Waals surface area contributed by atoms with E-state index in [1.165, 1.54) is 5.56 Å². The van der Waals surface area contributed by atoms with E-state index in [0.29, 0.717) is 0 Å². The third-order valence-electron chi connectivity index (χ3n) is 2.87. The molecule has 3 N–H and O–H groups in total. The minimum Gasteiger partial charge on any atom is -0.345 e. The Kier molecular flexibility index (Phi) is 3.45. The predicted molar refractivity (Wildman–Crippen MR) is 70.9 cm³/mol. The first kappa shape index (κ1) is 12.1. The summed E-state index contributed by atoms with van der Waals surface area (Å²) in [5.41, 5.74) is 3.47. The third kappa shape index (κ3) is 3.05. The Labute approximate surface area is 102 Å². The van der Waals surface area contributed by atoms with Gasteiger partial charge in [0.2, 0.25) is 0 Å². The first-order valence-corrected chi connectivity index (χ1v) is 5.92. The molecule has 4 heteroatoms. The molecule has 1 aromatic heterocycles. The van der Waals surface area contributed by atoms with Gasteiger partial charge in [-0.3, -0.25) is 0 Å². The third-order valence-corrected chi connectivity index (χ3v) is 2.87. The molecule has 0 saturated heterocycles. The molecule has 92 valence electrons. The van der Waals surface area contributed by atoms with Crippen molar-refractivity contribution in [1.29, 1.82) is 0 Å². The molecule has 0 aliphatic rings. The molecular weight excluding hydrogens is 212 g/mol. The molecule has 2 aromatic rings. The highest BCUT2D eigenvalue weighted by molar-refractivity contribution is 5.74. The van der Waals surface area contributed by atoms with Gasteiger partial charge in [0, 0.05) is 18.6 Å². The Morgan fingerprint density at radius 1 is 1.35 bits per heavy atom. The van der Waals surface area contributed by atoms with E-state index in [1.54, 1.807) is 6.33 Å². The molecule has 0 saturated carbocycles. The van der Waals surface area contributed by atoms with Gasteiger partial charge in [-0.1, -0.05) is 6.07 Å². The Bertz CT molecular complexity index is 487. The largest absolute Gasteiger partial charge is 0.345 e. The molecule has 17 heavy (non-hydrogen) atoms. The summed E-state index contributed by atoms with van der Waals surface area (Å²) >= 11 is 0. The summed E-state index contributed by atoms with van der Waals surface area (Å²) in [6.07, 6.45) is 1.73. The number of rotatable bonds is 5. The molecular formula is C13H20N4. The summed E-state index contributed by atoms with van der Waals surface area (Å²) in [4.78, 5) is 7.34. The van der Waals surface area contributed by atoms with Gasteiger partial charge in [0.05, 0.1) is 17.4 Å². The van der Waals surface area contributed by atoms with Gasteiger partial charge >= 0.3 is 0 Å². The van der Waals surface area contributed by atoms with E-state index in [1.807, 2.05) is 13.1 Å². The van der Waals surface area contributed by atoms with Gasteiger partial charge in [-0.15, -0.1) is 0 Å². The van der Waals surface area contributed by atoms with Crippen LogP contribution in [-0.4, -0.2) is 29.1 Å². The van der Waals surface area contributed by atoms with Gasteiger partial charge in [-0.25, -0.2) is 4.98 Å². The zero-order valence-electron chi connectivity index (χ0n) is 10.7. The van der Waals surface area contributed by atoms with Gasteiger partial charge in [0.15, 0.2) is 0 Å². The van der Waals surface area contributed by atoms with Gasteiger partial charge in [0.1, 0.15) is 0 Å². The SMILES string of the molecule is CNCC(C)(C)NCc1ccc2nc[nH]c2c1. The fraction of sp³-hybridized carbons (Fsp3) is 0.462. The zero-order chi connectivity index (χ0) is 12.3. The second-order valence-electron chi connectivity index (χ2n) is 5.02. The summed E-state index contributed by atoms with van der Waals surface area (Å²) < 4.78 is 0. The van der Waals surface area contributed by atoms with Crippen LogP contribution in [0.1, 0.15) is 19.4 Å². The lowest BCUT2D eigenvalue weighted by Gasteiger charge is -2.26. The molecule has 2 rings (SSSR count). The van der Waals surface area contributed by atoms with Crippen molar-refractivity contribution in [3.05, 3.63) is 30.1 Å². The summed E-state index contributed by atoms with van der Waals surface area (Å²) in [5.74, 6) is 0. The van der Waals surface area contributed by atoms with E-state index in [0.717, 1.165) is 24.1 Å². The normalized spacial score (nSPS) is 12.2. The monoisotopic (exact) mass is 232 g/mol. The highest BCUT2D eigenvalue weighted by atomic mass is 15.0. The average molecular weight is 232 g/mol. The highest BCUT2D eigenvalue weighted by Crippen LogP contribution is 2.12. The number of fused-ring (bicyclic) bond motifs is 1. The van der Waals surface area contributed by atoms with Crippen LogP contribution >= 0.6 is 0 Å². The first-order valence-electron chi connectivity index (χ1n) is 5.92. The Morgan fingerprint density at radius 2 is 2.18 bits per heavy atom. The molecule has 4 nitrogen and oxygen atoms in total. The van der Waals surface area contributed by atoms with E-state index in [9.17, 15) is 0 Å². The lowest BCUT2D eigenvalue weighted by atomic mass is 10.1. The molecule has 0 spiro atoms. The number of hydrogen-bond donors (Lipinski definition) is 3. The van der Waals surface area contributed by atoms with Crippen LogP contribution in [0.3, 0.4) is 0 Å². The van der Waals surface area contributed by atoms with Crippen molar-refractivity contribution in [2.75, 3.05) is 13.6 Å². The number of hydrogen-bond acceptors (Lipinski definition) is 3. The summed E-state index contributed by atoms with van der Waals surface area (Å²) in [6, 6.07) is 6.31. The molecule has 0 radical (unpaired) electrons. The maximum Gasteiger partial charge on any atom is 0.0931 e. The first-order chi connectivity index (χ1) is 8.11. The molecule has 1 heterocycles. The quantitative estimate of drug-likeness (QED) is 0.734. The molecule has 0 aliphatic carbocycles. The summed E-state index contributed by atoms with van der Waals surface area (Å²) in [7, 11) is 1.97. The van der Waals surface area contributed by atoms with Crippen LogP contribution in [0.25, 0.3) is 11.0 Å². The minimum absolute atomic E-state index is 0.0949. The molecule has 0 aliphatic heterocycles. The van der Waals surface area contributed by atoms with Crippen LogP contribution in [0.5, 0.6) is 0 Å². The second-order valence-corrected chi connectivity index (χ2v) is 5.02. The van der Waals surface area contributed by atoms with E-state index in [2.05, 4.69) is 46.6 Å². The van der Waals surface area contributed by atoms with Crippen molar-refractivity contribution in [2.45, 2.75) is 25.9 Å². The van der Waals surface area contributed by atoms with Crippen LogP contribution in [0, 0.1) is 0 Å². The maximum atomic E-state index is 4.21. The Balaban J connectivity index is 2.03. The van der Waals surface area contributed by atoms with Crippen molar-refractivity contribution >= 4 is 11.0 Å². The van der Waals surface area contributed by atoms with E-state index < -0.39 is 0 Å². The zero-order valence-corrected chi connectivity index (χ0v) is 10.7. The predicted octanol–water partition coefficient (Wildman–Crippen LogP) is 1.65. The van der Waals surface area contributed by atoms with Gasteiger partial charge in [-0.2, -0.15) is 0 Å². The molecule has 0 unspecified atom stereocenters. The topological polar surface area (TPSA) is 52.7 Å². The lowest BCUT2D eigenvalue weighted by molar-refractivity contribution is 0.374. The second kappa shape index (κ2) is 4.85. The van der Waals surface area contributed by atoms with Gasteiger partial charge < -0.3 is 15.6 Å². The van der Waals surface area contributed by atoms with Crippen LogP contribution in [0.15, 0.2) is 24.5 Å². The lowest BCUT2D eigenvalue weighted by Crippen LogP contribution is -2.46. The molecule has 1 aromatic carbocycles. The molecule has 0 amide bonds. The van der Waals surface area contributed by atoms with E-state index >= 15 is 0 Å². The van der Waals surface area contributed by atoms with Crippen molar-refractivity contribution in [3.63, 3.8) is 0 Å². The average Bonchev–Trinajstić information content (AvgIpc) is 2.73. The van der Waals surface area contributed by atoms with Crippen molar-refractivity contribution in [2.24, 2.45) is 0 Å². The van der Waals surface area contributed by atoms with Gasteiger partial charge in [-0.05, 0) is 38.6 Å². The smallest absolute Gasteiger partial charge is 0.0931 e. The van der Waals surface area contributed by atoms with Crippen LogP contribution in [0.2, 0.25) is 0 Å². The number of likely N-dealkylation sites (N-methyl/N-ethyl adjacent to an activating group) is 1. The fourth-order valence-corrected chi connectivity index (χ4v) is 1.94. The highest BCUT2D eigenvalue weighted by Gasteiger charge is 2.15. The number of nitrogens with one attached hydrogen (secondary N) is 3. The standard InChI is InChI=1S/C13H20N4/c1-13(2,8-14-3)17-7-10-4-5-11-12(6-10)16-9-15-11/h4-6,9,14,17H,7-8H2,1-3H3,(H,15,16). The fourth-order valence-electron chi connectivity index (χ4n) is 1.94. The van der Waals surface area contributed by atoms with Crippen LogP contribution in [0.4, 0.5) is 0 Å². The Hall–Kier alpha value is -1.39. The number of benzene rings is 1. The van der Waals surface area contributed by atoms with Crippen molar-refractivity contribution in [3.8, 4) is 0 Å². The number of imidazole rings is 1. The molecule has 0 atom stereocenters. The number of H-pyrrole nitrogens is 1. The van der Waals surface area contributed by atoms with Crippen molar-refractivity contribution in [1.82, 2.24) is 20.6 Å². The van der Waals surface area contributed by atoms with E-state index in [-0.39, 0.29) is 5.54 Å². The van der Waals surface area contributed by atoms with Gasteiger partial charge in [0.25, 0.3) is 0 Å². The van der Waals surface area contributed by atoms with Crippen LogP contribution in [-0.2, 0) is 6.54 Å². The van der Waals surface area contributed by atoms with Crippen LogP contribution < -0.4 is 10.6 Å². The molecule has 0 bridgehead atoms.